The van der Waals surface area contributed by atoms with Crippen LogP contribution in [-0.2, 0) is 13.0 Å². The van der Waals surface area contributed by atoms with E-state index >= 15 is 0 Å². The maximum atomic E-state index is 4.47. The number of thiazole rings is 1. The zero-order valence-corrected chi connectivity index (χ0v) is 15.5. The number of nitrogens with zero attached hydrogens (tertiary/aromatic N) is 3. The molecule has 0 aliphatic heterocycles. The smallest absolute Gasteiger partial charge is 0.193 e. The molecule has 0 saturated carbocycles. The molecule has 0 fully saturated rings. The van der Waals surface area contributed by atoms with E-state index in [-0.39, 0.29) is 0 Å². The summed E-state index contributed by atoms with van der Waals surface area (Å²) in [6.07, 6.45) is 0.912. The Kier molecular flexibility index (Phi) is 6.39. The molecule has 0 aliphatic rings. The first-order chi connectivity index (χ1) is 10.6. The number of halogens is 1. The summed E-state index contributed by atoms with van der Waals surface area (Å²) in [5.74, 6) is 0.898. The molecule has 1 aromatic heterocycles. The van der Waals surface area contributed by atoms with E-state index in [0.29, 0.717) is 0 Å². The first-order valence-electron chi connectivity index (χ1n) is 7.15. The average molecular weight is 381 g/mol. The second-order valence-corrected chi connectivity index (χ2v) is 7.04. The summed E-state index contributed by atoms with van der Waals surface area (Å²) in [6.45, 7) is 3.69. The highest BCUT2D eigenvalue weighted by Crippen LogP contribution is 2.12. The van der Waals surface area contributed by atoms with Crippen LogP contribution < -0.4 is 5.32 Å². The van der Waals surface area contributed by atoms with Crippen molar-refractivity contribution in [3.63, 3.8) is 0 Å². The minimum absolute atomic E-state index is 0.822. The summed E-state index contributed by atoms with van der Waals surface area (Å²) in [5, 5.41) is 6.62. The number of benzene rings is 1. The van der Waals surface area contributed by atoms with Gasteiger partial charge >= 0.3 is 0 Å². The predicted octanol–water partition coefficient (Wildman–Crippen LogP) is 3.46. The lowest BCUT2D eigenvalue weighted by atomic mass is 10.2. The standard InChI is InChI=1S/C16H21BrN4S/c1-12-20-15(11-22-12)8-9-19-16(18-2)21(3)10-13-4-6-14(17)7-5-13/h4-7,11H,8-10H2,1-3H3,(H,18,19). The molecular formula is C16H21BrN4S. The molecule has 0 radical (unpaired) electrons. The van der Waals surface area contributed by atoms with Gasteiger partial charge in [0.05, 0.1) is 10.7 Å². The van der Waals surface area contributed by atoms with Gasteiger partial charge in [0, 0.05) is 43.5 Å². The van der Waals surface area contributed by atoms with Gasteiger partial charge < -0.3 is 10.2 Å². The van der Waals surface area contributed by atoms with Crippen molar-refractivity contribution in [1.29, 1.82) is 0 Å². The topological polar surface area (TPSA) is 40.5 Å². The summed E-state index contributed by atoms with van der Waals surface area (Å²) in [6, 6.07) is 8.35. The minimum Gasteiger partial charge on any atom is -0.356 e. The number of hydrogen-bond acceptors (Lipinski definition) is 3. The number of aromatic nitrogens is 1. The zero-order chi connectivity index (χ0) is 15.9. The Labute approximate surface area is 144 Å². The molecule has 0 spiro atoms. The largest absolute Gasteiger partial charge is 0.356 e. The van der Waals surface area contributed by atoms with Gasteiger partial charge in [0.25, 0.3) is 0 Å². The van der Waals surface area contributed by atoms with Gasteiger partial charge in [0.15, 0.2) is 5.96 Å². The number of aliphatic imine (C=N–C) groups is 1. The van der Waals surface area contributed by atoms with Gasteiger partial charge in [-0.15, -0.1) is 11.3 Å². The number of aryl methyl sites for hydroxylation is 1. The molecule has 6 heteroatoms. The Bertz CT molecular complexity index is 621. The van der Waals surface area contributed by atoms with Gasteiger partial charge in [-0.1, -0.05) is 28.1 Å². The number of nitrogens with one attached hydrogen (secondary N) is 1. The second-order valence-electron chi connectivity index (χ2n) is 5.06. The molecule has 118 valence electrons. The van der Waals surface area contributed by atoms with E-state index in [1.54, 1.807) is 11.3 Å². The number of rotatable bonds is 5. The molecule has 1 heterocycles. The van der Waals surface area contributed by atoms with Crippen LogP contribution in [-0.4, -0.2) is 36.5 Å². The summed E-state index contributed by atoms with van der Waals surface area (Å²) >= 11 is 5.15. The Morgan fingerprint density at radius 1 is 1.36 bits per heavy atom. The molecule has 22 heavy (non-hydrogen) atoms. The average Bonchev–Trinajstić information content (AvgIpc) is 2.91. The highest BCUT2D eigenvalue weighted by atomic mass is 79.9. The van der Waals surface area contributed by atoms with Crippen LogP contribution in [0.3, 0.4) is 0 Å². The molecule has 4 nitrogen and oxygen atoms in total. The fourth-order valence-corrected chi connectivity index (χ4v) is 3.06. The van der Waals surface area contributed by atoms with Crippen LogP contribution in [0.15, 0.2) is 39.1 Å². The molecule has 2 aromatic rings. The second kappa shape index (κ2) is 8.29. The van der Waals surface area contributed by atoms with Gasteiger partial charge in [-0.3, -0.25) is 4.99 Å². The summed E-state index contributed by atoms with van der Waals surface area (Å²) in [4.78, 5) is 10.9. The van der Waals surface area contributed by atoms with E-state index < -0.39 is 0 Å². The van der Waals surface area contributed by atoms with Gasteiger partial charge in [0.1, 0.15) is 0 Å². The van der Waals surface area contributed by atoms with Crippen LogP contribution in [0.25, 0.3) is 0 Å². The molecule has 1 aromatic carbocycles. The molecule has 0 bridgehead atoms. The number of guanidine groups is 1. The molecule has 0 atom stereocenters. The summed E-state index contributed by atoms with van der Waals surface area (Å²) in [5.41, 5.74) is 2.39. The third kappa shape index (κ3) is 5.10. The van der Waals surface area contributed by atoms with Crippen molar-refractivity contribution in [1.82, 2.24) is 15.2 Å². The monoisotopic (exact) mass is 380 g/mol. The maximum Gasteiger partial charge on any atom is 0.193 e. The molecule has 0 saturated heterocycles. The minimum atomic E-state index is 0.822. The van der Waals surface area contributed by atoms with Crippen molar-refractivity contribution in [2.24, 2.45) is 4.99 Å². The number of hydrogen-bond donors (Lipinski definition) is 1. The quantitative estimate of drug-likeness (QED) is 0.637. The fraction of sp³-hybridized carbons (Fsp3) is 0.375. The van der Waals surface area contributed by atoms with Crippen molar-refractivity contribution in [3.05, 3.63) is 50.4 Å². The van der Waals surface area contributed by atoms with Crippen molar-refractivity contribution >= 4 is 33.2 Å². The first kappa shape index (κ1) is 17.0. The van der Waals surface area contributed by atoms with Gasteiger partial charge in [-0.2, -0.15) is 0 Å². The normalized spacial score (nSPS) is 11.5. The van der Waals surface area contributed by atoms with Gasteiger partial charge in [0.2, 0.25) is 0 Å². The predicted molar refractivity (Wildman–Crippen MR) is 97.5 cm³/mol. The van der Waals surface area contributed by atoms with Crippen molar-refractivity contribution in [2.75, 3.05) is 20.6 Å². The van der Waals surface area contributed by atoms with E-state index in [9.17, 15) is 0 Å². The third-order valence-corrected chi connectivity index (χ3v) is 4.59. The lowest BCUT2D eigenvalue weighted by molar-refractivity contribution is 0.477. The van der Waals surface area contributed by atoms with Gasteiger partial charge in [-0.25, -0.2) is 4.98 Å². The fourth-order valence-electron chi connectivity index (χ4n) is 2.15. The Balaban J connectivity index is 1.83. The molecule has 0 unspecified atom stereocenters. The van der Waals surface area contributed by atoms with Crippen LogP contribution in [0.5, 0.6) is 0 Å². The van der Waals surface area contributed by atoms with E-state index in [2.05, 4.69) is 65.8 Å². The van der Waals surface area contributed by atoms with E-state index in [4.69, 9.17) is 0 Å². The third-order valence-electron chi connectivity index (χ3n) is 3.24. The maximum absolute atomic E-state index is 4.47. The van der Waals surface area contributed by atoms with Crippen LogP contribution in [0.4, 0.5) is 0 Å². The van der Waals surface area contributed by atoms with E-state index in [1.807, 2.05) is 21.0 Å². The Morgan fingerprint density at radius 2 is 2.09 bits per heavy atom. The van der Waals surface area contributed by atoms with Crippen LogP contribution in [0.1, 0.15) is 16.3 Å². The highest BCUT2D eigenvalue weighted by molar-refractivity contribution is 9.10. The van der Waals surface area contributed by atoms with Crippen molar-refractivity contribution in [3.8, 4) is 0 Å². The Morgan fingerprint density at radius 3 is 2.68 bits per heavy atom. The molecule has 2 rings (SSSR count). The Hall–Kier alpha value is -1.40. The molecular weight excluding hydrogens is 360 g/mol. The van der Waals surface area contributed by atoms with Crippen molar-refractivity contribution < 1.29 is 0 Å². The van der Waals surface area contributed by atoms with E-state index in [1.165, 1.54) is 5.56 Å². The van der Waals surface area contributed by atoms with Crippen molar-refractivity contribution in [2.45, 2.75) is 19.9 Å². The molecule has 0 amide bonds. The van der Waals surface area contributed by atoms with Crippen LogP contribution in [0.2, 0.25) is 0 Å². The SMILES string of the molecule is CN=C(NCCc1csc(C)n1)N(C)Cc1ccc(Br)cc1. The van der Waals surface area contributed by atoms with Crippen LogP contribution >= 0.6 is 27.3 Å². The lowest BCUT2D eigenvalue weighted by Gasteiger charge is -2.22. The van der Waals surface area contributed by atoms with Gasteiger partial charge in [-0.05, 0) is 24.6 Å². The highest BCUT2D eigenvalue weighted by Gasteiger charge is 2.07. The van der Waals surface area contributed by atoms with Crippen LogP contribution in [0, 0.1) is 6.92 Å². The summed E-state index contributed by atoms with van der Waals surface area (Å²) < 4.78 is 1.10. The summed E-state index contributed by atoms with van der Waals surface area (Å²) in [7, 11) is 3.86. The lowest BCUT2D eigenvalue weighted by Crippen LogP contribution is -2.39. The zero-order valence-electron chi connectivity index (χ0n) is 13.1. The molecule has 0 aliphatic carbocycles. The van der Waals surface area contributed by atoms with E-state index in [0.717, 1.165) is 40.6 Å². The molecule has 1 N–H and O–H groups in total. The first-order valence-corrected chi connectivity index (χ1v) is 8.83.